The molecule has 0 N–H and O–H groups in total. The third kappa shape index (κ3) is 6.21. The van der Waals surface area contributed by atoms with Crippen LogP contribution in [0.5, 0.6) is 0 Å². The third-order valence-corrected chi connectivity index (χ3v) is 3.76. The van der Waals surface area contributed by atoms with Crippen LogP contribution in [0.4, 0.5) is 13.2 Å². The largest absolute Gasteiger partial charge is 0.457 e. The van der Waals surface area contributed by atoms with Crippen molar-refractivity contribution in [3.05, 3.63) is 53.6 Å². The topological polar surface area (TPSA) is 26.3 Å². The van der Waals surface area contributed by atoms with E-state index >= 15 is 0 Å². The van der Waals surface area contributed by atoms with Gasteiger partial charge in [-0.15, -0.1) is 0 Å². The standard InChI is InChI=1S/C21H23F3O2/c1-20(2,3)26-19(25)13-12-18-16(8-6-14-21(22,23)24)11-10-15-7-4-5-9-17(15)18/h4-5,7,9-13H,6,8,14H2,1-3H3/b13-12+. The van der Waals surface area contributed by atoms with Gasteiger partial charge in [-0.2, -0.15) is 13.2 Å². The van der Waals surface area contributed by atoms with Crippen molar-refractivity contribution >= 4 is 22.8 Å². The molecule has 0 saturated heterocycles. The number of halogens is 3. The fraction of sp³-hybridized carbons (Fsp3) is 0.381. The lowest BCUT2D eigenvalue weighted by molar-refractivity contribution is -0.148. The van der Waals surface area contributed by atoms with Crippen molar-refractivity contribution in [3.63, 3.8) is 0 Å². The summed E-state index contributed by atoms with van der Waals surface area (Å²) < 4.78 is 42.6. The highest BCUT2D eigenvalue weighted by atomic mass is 19.4. The maximum atomic E-state index is 12.4. The Labute approximate surface area is 151 Å². The van der Waals surface area contributed by atoms with Crippen LogP contribution in [0.3, 0.4) is 0 Å². The van der Waals surface area contributed by atoms with E-state index in [1.807, 2.05) is 36.4 Å². The minimum absolute atomic E-state index is 0.00905. The summed E-state index contributed by atoms with van der Waals surface area (Å²) in [6.07, 6.45) is -1.72. The van der Waals surface area contributed by atoms with Gasteiger partial charge in [0.15, 0.2) is 0 Å². The van der Waals surface area contributed by atoms with Crippen molar-refractivity contribution in [2.24, 2.45) is 0 Å². The Morgan fingerprint density at radius 2 is 1.77 bits per heavy atom. The number of ether oxygens (including phenoxy) is 1. The van der Waals surface area contributed by atoms with Crippen LogP contribution in [0.25, 0.3) is 16.8 Å². The van der Waals surface area contributed by atoms with Gasteiger partial charge in [0.05, 0.1) is 0 Å². The van der Waals surface area contributed by atoms with Crippen LogP contribution in [-0.4, -0.2) is 17.7 Å². The normalized spacial score (nSPS) is 12.7. The van der Waals surface area contributed by atoms with Crippen molar-refractivity contribution in [2.75, 3.05) is 0 Å². The SMILES string of the molecule is CC(C)(C)OC(=O)/C=C/c1c(CCCC(F)(F)F)ccc2ccccc12. The average molecular weight is 364 g/mol. The van der Waals surface area contributed by atoms with Gasteiger partial charge in [-0.25, -0.2) is 4.79 Å². The molecule has 5 heteroatoms. The van der Waals surface area contributed by atoms with E-state index in [-0.39, 0.29) is 6.42 Å². The van der Waals surface area contributed by atoms with Crippen molar-refractivity contribution in [1.29, 1.82) is 0 Å². The molecule has 0 aromatic heterocycles. The number of alkyl halides is 3. The number of benzene rings is 2. The van der Waals surface area contributed by atoms with E-state index < -0.39 is 24.2 Å². The minimum atomic E-state index is -4.16. The van der Waals surface area contributed by atoms with Crippen LogP contribution in [0.2, 0.25) is 0 Å². The molecule has 0 fully saturated rings. The van der Waals surface area contributed by atoms with Crippen molar-refractivity contribution in [2.45, 2.75) is 51.8 Å². The van der Waals surface area contributed by atoms with Gasteiger partial charge in [0.1, 0.15) is 5.60 Å². The molecule has 140 valence electrons. The molecule has 2 rings (SSSR count). The summed E-state index contributed by atoms with van der Waals surface area (Å²) in [7, 11) is 0. The number of hydrogen-bond donors (Lipinski definition) is 0. The number of fused-ring (bicyclic) bond motifs is 1. The molecule has 0 spiro atoms. The lowest BCUT2D eigenvalue weighted by Crippen LogP contribution is -2.22. The summed E-state index contributed by atoms with van der Waals surface area (Å²) in [4.78, 5) is 12.0. The molecule has 0 aliphatic carbocycles. The van der Waals surface area contributed by atoms with Gasteiger partial charge in [0.2, 0.25) is 0 Å². The van der Waals surface area contributed by atoms with E-state index in [4.69, 9.17) is 4.74 Å². The first kappa shape index (κ1) is 20.0. The molecule has 0 amide bonds. The molecular weight excluding hydrogens is 341 g/mol. The zero-order valence-corrected chi connectivity index (χ0v) is 15.2. The van der Waals surface area contributed by atoms with Crippen molar-refractivity contribution in [3.8, 4) is 0 Å². The Balaban J connectivity index is 2.31. The fourth-order valence-corrected chi connectivity index (χ4v) is 2.72. The second-order valence-electron chi connectivity index (χ2n) is 7.20. The molecule has 0 aliphatic rings. The predicted molar refractivity (Wildman–Crippen MR) is 97.8 cm³/mol. The van der Waals surface area contributed by atoms with Crippen LogP contribution in [0.1, 0.15) is 44.7 Å². The molecule has 0 heterocycles. The van der Waals surface area contributed by atoms with Gasteiger partial charge in [-0.05, 0) is 61.6 Å². The van der Waals surface area contributed by atoms with E-state index in [2.05, 4.69) is 0 Å². The second-order valence-corrected chi connectivity index (χ2v) is 7.20. The molecule has 2 aromatic carbocycles. The van der Waals surface area contributed by atoms with Crippen molar-refractivity contribution in [1.82, 2.24) is 0 Å². The quantitative estimate of drug-likeness (QED) is 0.475. The van der Waals surface area contributed by atoms with Gasteiger partial charge in [0.25, 0.3) is 0 Å². The van der Waals surface area contributed by atoms with Crippen LogP contribution >= 0.6 is 0 Å². The maximum Gasteiger partial charge on any atom is 0.389 e. The first-order chi connectivity index (χ1) is 12.1. The Bertz CT molecular complexity index is 799. The summed E-state index contributed by atoms with van der Waals surface area (Å²) in [6, 6.07) is 11.3. The Hall–Kier alpha value is -2.30. The molecule has 2 aromatic rings. The minimum Gasteiger partial charge on any atom is -0.457 e. The summed E-state index contributed by atoms with van der Waals surface area (Å²) in [5, 5.41) is 1.87. The van der Waals surface area contributed by atoms with E-state index in [0.29, 0.717) is 6.42 Å². The van der Waals surface area contributed by atoms with Crippen LogP contribution in [0.15, 0.2) is 42.5 Å². The molecule has 2 nitrogen and oxygen atoms in total. The van der Waals surface area contributed by atoms with E-state index in [0.717, 1.165) is 21.9 Å². The van der Waals surface area contributed by atoms with E-state index in [1.165, 1.54) is 6.08 Å². The zero-order valence-electron chi connectivity index (χ0n) is 15.2. The molecule has 0 unspecified atom stereocenters. The van der Waals surface area contributed by atoms with Crippen LogP contribution < -0.4 is 0 Å². The van der Waals surface area contributed by atoms with E-state index in [1.54, 1.807) is 26.8 Å². The smallest absolute Gasteiger partial charge is 0.389 e. The maximum absolute atomic E-state index is 12.4. The zero-order chi connectivity index (χ0) is 19.4. The van der Waals surface area contributed by atoms with Gasteiger partial charge in [-0.3, -0.25) is 0 Å². The lowest BCUT2D eigenvalue weighted by Gasteiger charge is -2.18. The third-order valence-electron chi connectivity index (χ3n) is 3.76. The number of esters is 1. The highest BCUT2D eigenvalue weighted by Gasteiger charge is 2.26. The number of aryl methyl sites for hydroxylation is 1. The Kier molecular flexibility index (Phi) is 6.11. The summed E-state index contributed by atoms with van der Waals surface area (Å²) >= 11 is 0. The molecule has 0 radical (unpaired) electrons. The lowest BCUT2D eigenvalue weighted by atomic mass is 9.95. The van der Waals surface area contributed by atoms with Crippen LogP contribution in [-0.2, 0) is 16.0 Å². The molecular formula is C21H23F3O2. The Morgan fingerprint density at radius 1 is 1.08 bits per heavy atom. The number of carbonyl (C=O) groups is 1. The highest BCUT2D eigenvalue weighted by molar-refractivity contribution is 5.96. The Morgan fingerprint density at radius 3 is 2.42 bits per heavy atom. The van der Waals surface area contributed by atoms with Gasteiger partial charge < -0.3 is 4.74 Å². The summed E-state index contributed by atoms with van der Waals surface area (Å²) in [6.45, 7) is 5.33. The summed E-state index contributed by atoms with van der Waals surface area (Å²) in [5.41, 5.74) is 0.944. The molecule has 26 heavy (non-hydrogen) atoms. The fourth-order valence-electron chi connectivity index (χ4n) is 2.72. The number of hydrogen-bond acceptors (Lipinski definition) is 2. The summed E-state index contributed by atoms with van der Waals surface area (Å²) in [5.74, 6) is -0.480. The van der Waals surface area contributed by atoms with Crippen molar-refractivity contribution < 1.29 is 22.7 Å². The molecule has 0 atom stereocenters. The molecule has 0 saturated carbocycles. The van der Waals surface area contributed by atoms with Gasteiger partial charge >= 0.3 is 12.1 Å². The van der Waals surface area contributed by atoms with Crippen LogP contribution in [0, 0.1) is 0 Å². The average Bonchev–Trinajstić information content (AvgIpc) is 2.50. The second kappa shape index (κ2) is 7.94. The number of rotatable bonds is 5. The van der Waals surface area contributed by atoms with Gasteiger partial charge in [-0.1, -0.05) is 36.4 Å². The number of carbonyl (C=O) groups excluding carboxylic acids is 1. The predicted octanol–water partition coefficient (Wildman–Crippen LogP) is 6.08. The monoisotopic (exact) mass is 364 g/mol. The molecule has 0 aliphatic heterocycles. The van der Waals surface area contributed by atoms with E-state index in [9.17, 15) is 18.0 Å². The molecule has 0 bridgehead atoms. The van der Waals surface area contributed by atoms with Gasteiger partial charge in [0, 0.05) is 12.5 Å². The first-order valence-electron chi connectivity index (χ1n) is 8.54. The first-order valence-corrected chi connectivity index (χ1v) is 8.54. The highest BCUT2D eigenvalue weighted by Crippen LogP contribution is 2.28.